The van der Waals surface area contributed by atoms with Crippen molar-refractivity contribution in [1.82, 2.24) is 20.1 Å². The molecule has 1 atom stereocenters. The molecule has 3 rings (SSSR count). The van der Waals surface area contributed by atoms with Crippen LogP contribution >= 0.6 is 35.3 Å². The highest BCUT2D eigenvalue weighted by Crippen LogP contribution is 2.20. The van der Waals surface area contributed by atoms with Crippen molar-refractivity contribution in [2.24, 2.45) is 4.99 Å². The largest absolute Gasteiger partial charge is 0.357 e. The van der Waals surface area contributed by atoms with Gasteiger partial charge in [0.1, 0.15) is 0 Å². The first-order valence-corrected chi connectivity index (χ1v) is 9.92. The lowest BCUT2D eigenvalue weighted by Gasteiger charge is -2.25. The summed E-state index contributed by atoms with van der Waals surface area (Å²) in [5.74, 6) is 1.53. The van der Waals surface area contributed by atoms with Crippen LogP contribution in [0.1, 0.15) is 43.8 Å². The predicted octanol–water partition coefficient (Wildman–Crippen LogP) is 3.30. The van der Waals surface area contributed by atoms with Crippen molar-refractivity contribution in [2.75, 3.05) is 32.7 Å². The van der Waals surface area contributed by atoms with E-state index in [0.717, 1.165) is 44.4 Å². The predicted molar refractivity (Wildman–Crippen MR) is 117 cm³/mol. The van der Waals surface area contributed by atoms with Gasteiger partial charge in [-0.15, -0.1) is 35.3 Å². The van der Waals surface area contributed by atoms with Gasteiger partial charge >= 0.3 is 0 Å². The lowest BCUT2D eigenvalue weighted by molar-refractivity contribution is 0.259. The van der Waals surface area contributed by atoms with Crippen LogP contribution in [0.3, 0.4) is 0 Å². The summed E-state index contributed by atoms with van der Waals surface area (Å²) in [5.41, 5.74) is 1.08. The number of nitrogens with zero attached hydrogens (tertiary/aromatic N) is 4. The van der Waals surface area contributed by atoms with Gasteiger partial charge in [-0.05, 0) is 13.3 Å². The number of hydrogen-bond acceptors (Lipinski definition) is 4. The fraction of sp³-hybridized carbons (Fsp3) is 0.667. The minimum absolute atomic E-state index is 0. The molecule has 5 nitrogen and oxygen atoms in total. The molecule has 25 heavy (non-hydrogen) atoms. The number of hydrogen-bond donors (Lipinski definition) is 1. The first kappa shape index (κ1) is 20.6. The molecule has 1 N–H and O–H groups in total. The van der Waals surface area contributed by atoms with Crippen LogP contribution in [0.5, 0.6) is 0 Å². The molecule has 0 aromatic carbocycles. The van der Waals surface area contributed by atoms with Crippen LogP contribution in [0.25, 0.3) is 0 Å². The zero-order valence-electron chi connectivity index (χ0n) is 15.4. The van der Waals surface area contributed by atoms with Crippen molar-refractivity contribution in [3.63, 3.8) is 0 Å². The zero-order chi connectivity index (χ0) is 16.9. The summed E-state index contributed by atoms with van der Waals surface area (Å²) in [7, 11) is 0. The van der Waals surface area contributed by atoms with E-state index >= 15 is 0 Å². The van der Waals surface area contributed by atoms with E-state index < -0.39 is 0 Å². The Kier molecular flexibility index (Phi) is 8.15. The maximum Gasteiger partial charge on any atom is 0.194 e. The van der Waals surface area contributed by atoms with Crippen LogP contribution in [0, 0.1) is 0 Å². The quantitative estimate of drug-likeness (QED) is 0.307. The van der Waals surface area contributed by atoms with E-state index in [0.29, 0.717) is 18.5 Å². The SMILES string of the molecule is CCNC(=NCc1csc(C(C)C)n1)N1CCC(N2CC=CC2)C1.I. The summed E-state index contributed by atoms with van der Waals surface area (Å²) in [6.45, 7) is 12.4. The van der Waals surface area contributed by atoms with Crippen molar-refractivity contribution in [2.45, 2.75) is 45.7 Å². The van der Waals surface area contributed by atoms with Crippen LogP contribution in [0.2, 0.25) is 0 Å². The highest BCUT2D eigenvalue weighted by atomic mass is 127. The topological polar surface area (TPSA) is 43.8 Å². The van der Waals surface area contributed by atoms with Crippen LogP contribution in [-0.2, 0) is 6.54 Å². The monoisotopic (exact) mass is 475 g/mol. The molecule has 0 amide bonds. The van der Waals surface area contributed by atoms with Crippen LogP contribution in [0.15, 0.2) is 22.5 Å². The molecule has 3 heterocycles. The lowest BCUT2D eigenvalue weighted by atomic mass is 10.2. The normalized spacial score (nSPS) is 21.2. The standard InChI is InChI=1S/C18H29N5S.HI/c1-4-19-18(20-11-15-13-24-17(21-15)14(2)3)23-10-7-16(12-23)22-8-5-6-9-22;/h5-6,13-14,16H,4,7-12H2,1-3H3,(H,19,20);1H. The number of nitrogens with one attached hydrogen (secondary N) is 1. The number of rotatable bonds is 5. The third kappa shape index (κ3) is 5.40. The van der Waals surface area contributed by atoms with Crippen LogP contribution in [-0.4, -0.2) is 59.5 Å². The molecule has 0 spiro atoms. The van der Waals surface area contributed by atoms with Crippen molar-refractivity contribution < 1.29 is 0 Å². The Morgan fingerprint density at radius 3 is 2.80 bits per heavy atom. The van der Waals surface area contributed by atoms with Gasteiger partial charge in [-0.25, -0.2) is 9.98 Å². The van der Waals surface area contributed by atoms with E-state index in [1.54, 1.807) is 11.3 Å². The fourth-order valence-corrected chi connectivity index (χ4v) is 4.09. The van der Waals surface area contributed by atoms with E-state index in [-0.39, 0.29) is 24.0 Å². The third-order valence-corrected chi connectivity index (χ3v) is 5.81. The van der Waals surface area contributed by atoms with Gasteiger partial charge in [0.2, 0.25) is 0 Å². The fourth-order valence-electron chi connectivity index (χ4n) is 3.27. The lowest BCUT2D eigenvalue weighted by Crippen LogP contribution is -2.42. The molecule has 2 aliphatic heterocycles. The molecule has 0 saturated carbocycles. The molecule has 0 aliphatic carbocycles. The Morgan fingerprint density at radius 2 is 2.16 bits per heavy atom. The average Bonchev–Trinajstić information content (AvgIpc) is 3.32. The second kappa shape index (κ2) is 9.87. The first-order valence-electron chi connectivity index (χ1n) is 9.04. The van der Waals surface area contributed by atoms with Crippen LogP contribution in [0.4, 0.5) is 0 Å². The molecule has 7 heteroatoms. The number of halogens is 1. The molecule has 1 aromatic heterocycles. The summed E-state index contributed by atoms with van der Waals surface area (Å²) >= 11 is 1.74. The molecule has 1 fully saturated rings. The number of aliphatic imine (C=N–C) groups is 1. The smallest absolute Gasteiger partial charge is 0.194 e. The van der Waals surface area contributed by atoms with E-state index in [4.69, 9.17) is 9.98 Å². The molecule has 1 aromatic rings. The molecule has 2 aliphatic rings. The Balaban J connectivity index is 0.00000225. The maximum atomic E-state index is 4.84. The first-order chi connectivity index (χ1) is 11.7. The van der Waals surface area contributed by atoms with Gasteiger partial charge in [0.05, 0.1) is 17.2 Å². The summed E-state index contributed by atoms with van der Waals surface area (Å²) < 4.78 is 0. The zero-order valence-corrected chi connectivity index (χ0v) is 18.6. The van der Waals surface area contributed by atoms with E-state index in [1.807, 2.05) is 0 Å². The van der Waals surface area contributed by atoms with Crippen molar-refractivity contribution in [3.05, 3.63) is 28.2 Å². The molecular formula is C18H30IN5S. The molecule has 0 radical (unpaired) electrons. The highest BCUT2D eigenvalue weighted by Gasteiger charge is 2.29. The second-order valence-electron chi connectivity index (χ2n) is 6.82. The van der Waals surface area contributed by atoms with E-state index in [9.17, 15) is 0 Å². The molecular weight excluding hydrogens is 445 g/mol. The summed E-state index contributed by atoms with van der Waals surface area (Å²) in [4.78, 5) is 14.5. The van der Waals surface area contributed by atoms with Gasteiger partial charge in [0, 0.05) is 50.1 Å². The Labute approximate surface area is 172 Å². The summed E-state index contributed by atoms with van der Waals surface area (Å²) in [6.07, 6.45) is 5.77. The number of thiazole rings is 1. The number of likely N-dealkylation sites (tertiary alicyclic amines) is 1. The van der Waals surface area contributed by atoms with Gasteiger partial charge in [-0.2, -0.15) is 0 Å². The van der Waals surface area contributed by atoms with Gasteiger partial charge in [-0.1, -0.05) is 26.0 Å². The summed E-state index contributed by atoms with van der Waals surface area (Å²) in [6, 6.07) is 0.649. The van der Waals surface area contributed by atoms with E-state index in [2.05, 4.69) is 53.4 Å². The van der Waals surface area contributed by atoms with Gasteiger partial charge < -0.3 is 10.2 Å². The minimum Gasteiger partial charge on any atom is -0.357 e. The molecule has 0 bridgehead atoms. The summed E-state index contributed by atoms with van der Waals surface area (Å²) in [5, 5.41) is 6.80. The number of aromatic nitrogens is 1. The Hall–Kier alpha value is -0.670. The van der Waals surface area contributed by atoms with Crippen molar-refractivity contribution in [3.8, 4) is 0 Å². The Morgan fingerprint density at radius 1 is 1.40 bits per heavy atom. The molecule has 1 unspecified atom stereocenters. The molecule has 140 valence electrons. The molecule has 1 saturated heterocycles. The third-order valence-electron chi connectivity index (χ3n) is 4.61. The van der Waals surface area contributed by atoms with E-state index in [1.165, 1.54) is 11.4 Å². The van der Waals surface area contributed by atoms with Gasteiger partial charge in [0.25, 0.3) is 0 Å². The van der Waals surface area contributed by atoms with Gasteiger partial charge in [-0.3, -0.25) is 4.90 Å². The average molecular weight is 475 g/mol. The Bertz CT molecular complexity index is 590. The second-order valence-corrected chi connectivity index (χ2v) is 7.71. The minimum atomic E-state index is 0. The number of guanidine groups is 1. The van der Waals surface area contributed by atoms with Crippen molar-refractivity contribution in [1.29, 1.82) is 0 Å². The van der Waals surface area contributed by atoms with Crippen LogP contribution < -0.4 is 5.32 Å². The van der Waals surface area contributed by atoms with Crippen molar-refractivity contribution >= 4 is 41.3 Å². The highest BCUT2D eigenvalue weighted by molar-refractivity contribution is 14.0. The maximum absolute atomic E-state index is 4.84. The van der Waals surface area contributed by atoms with Gasteiger partial charge in [0.15, 0.2) is 5.96 Å².